The minimum atomic E-state index is -0.182. The van der Waals surface area contributed by atoms with Crippen molar-refractivity contribution in [1.29, 1.82) is 0 Å². The third-order valence-electron chi connectivity index (χ3n) is 6.04. The van der Waals surface area contributed by atoms with Crippen LogP contribution in [0.25, 0.3) is 0 Å². The maximum absolute atomic E-state index is 12.8. The molecule has 180 valence electrons. The molecule has 4 amide bonds. The lowest BCUT2D eigenvalue weighted by Crippen LogP contribution is -2.32. The fourth-order valence-electron chi connectivity index (χ4n) is 4.08. The van der Waals surface area contributed by atoms with Crippen LogP contribution in [0.15, 0.2) is 48.5 Å². The Hall–Kier alpha value is -3.68. The maximum atomic E-state index is 12.8. The van der Waals surface area contributed by atoms with Crippen molar-refractivity contribution in [2.45, 2.75) is 25.7 Å². The molecule has 3 rings (SSSR count). The minimum absolute atomic E-state index is 0.0943. The molecule has 1 saturated carbocycles. The van der Waals surface area contributed by atoms with Gasteiger partial charge in [-0.15, -0.1) is 0 Å². The quantitative estimate of drug-likeness (QED) is 0.684. The highest BCUT2D eigenvalue weighted by Crippen LogP contribution is 2.31. The highest BCUT2D eigenvalue weighted by Gasteiger charge is 2.30. The first kappa shape index (κ1) is 25.0. The van der Waals surface area contributed by atoms with E-state index in [4.69, 9.17) is 0 Å². The Labute approximate surface area is 200 Å². The maximum Gasteiger partial charge on any atom is 0.253 e. The van der Waals surface area contributed by atoms with Crippen LogP contribution in [0.2, 0.25) is 0 Å². The fraction of sp³-hybridized carbons (Fsp3) is 0.385. The molecule has 0 heterocycles. The third-order valence-corrected chi connectivity index (χ3v) is 6.04. The molecule has 1 aliphatic rings. The summed E-state index contributed by atoms with van der Waals surface area (Å²) in [5.41, 5.74) is 2.20. The second-order valence-electron chi connectivity index (χ2n) is 9.09. The van der Waals surface area contributed by atoms with Crippen LogP contribution in [0.1, 0.15) is 46.4 Å². The van der Waals surface area contributed by atoms with Gasteiger partial charge in [0.2, 0.25) is 11.8 Å². The molecule has 0 spiro atoms. The van der Waals surface area contributed by atoms with Gasteiger partial charge in [-0.3, -0.25) is 19.2 Å². The highest BCUT2D eigenvalue weighted by molar-refractivity contribution is 5.99. The Morgan fingerprint density at radius 1 is 0.647 bits per heavy atom. The summed E-state index contributed by atoms with van der Waals surface area (Å²) in [7, 11) is 6.73. The summed E-state index contributed by atoms with van der Waals surface area (Å²) in [4.78, 5) is 52.8. The predicted octanol–water partition coefficient (Wildman–Crippen LogP) is 3.47. The van der Waals surface area contributed by atoms with Crippen LogP contribution in [0.5, 0.6) is 0 Å². The van der Waals surface area contributed by atoms with Crippen molar-refractivity contribution in [3.63, 3.8) is 0 Å². The lowest BCUT2D eigenvalue weighted by Gasteiger charge is -2.27. The number of carbonyl (C=O) groups is 4. The van der Waals surface area contributed by atoms with Crippen molar-refractivity contribution in [1.82, 2.24) is 9.80 Å². The Bertz CT molecular complexity index is 986. The van der Waals surface area contributed by atoms with Crippen LogP contribution in [0, 0.1) is 11.8 Å². The number of anilines is 2. The van der Waals surface area contributed by atoms with E-state index in [0.29, 0.717) is 48.2 Å². The molecule has 34 heavy (non-hydrogen) atoms. The van der Waals surface area contributed by atoms with Crippen LogP contribution in [-0.2, 0) is 9.59 Å². The summed E-state index contributed by atoms with van der Waals surface area (Å²) in [6.07, 6.45) is 2.44. The summed E-state index contributed by atoms with van der Waals surface area (Å²) in [6, 6.07) is 13.8. The Morgan fingerprint density at radius 2 is 1.00 bits per heavy atom. The van der Waals surface area contributed by atoms with Gasteiger partial charge in [0.1, 0.15) is 0 Å². The number of nitrogens with one attached hydrogen (secondary N) is 2. The van der Waals surface area contributed by atoms with Gasteiger partial charge in [-0.05, 0) is 62.1 Å². The summed E-state index contributed by atoms with van der Waals surface area (Å²) in [5, 5.41) is 5.82. The van der Waals surface area contributed by atoms with Crippen LogP contribution in [0.4, 0.5) is 11.4 Å². The van der Waals surface area contributed by atoms with Crippen molar-refractivity contribution in [3.8, 4) is 0 Å². The lowest BCUT2D eigenvalue weighted by atomic mass is 9.81. The van der Waals surface area contributed by atoms with E-state index in [2.05, 4.69) is 10.6 Å². The SMILES string of the molecule is CN(C)C(=O)c1cccc(NC(=O)C2CCC(C(=O)Nc3cccc(C(=O)N(C)C)c3)CC2)c1. The van der Waals surface area contributed by atoms with Gasteiger partial charge in [-0.25, -0.2) is 0 Å². The van der Waals surface area contributed by atoms with Crippen LogP contribution >= 0.6 is 0 Å². The average Bonchev–Trinajstić information content (AvgIpc) is 2.83. The van der Waals surface area contributed by atoms with Gasteiger partial charge >= 0.3 is 0 Å². The molecule has 0 unspecified atom stereocenters. The molecule has 0 saturated heterocycles. The smallest absolute Gasteiger partial charge is 0.253 e. The molecule has 2 aromatic carbocycles. The van der Waals surface area contributed by atoms with Crippen molar-refractivity contribution in [2.75, 3.05) is 38.8 Å². The summed E-state index contributed by atoms with van der Waals surface area (Å²) < 4.78 is 0. The highest BCUT2D eigenvalue weighted by atomic mass is 16.2. The van der Waals surface area contributed by atoms with E-state index in [1.807, 2.05) is 0 Å². The predicted molar refractivity (Wildman–Crippen MR) is 132 cm³/mol. The van der Waals surface area contributed by atoms with E-state index >= 15 is 0 Å². The topological polar surface area (TPSA) is 98.8 Å². The summed E-state index contributed by atoms with van der Waals surface area (Å²) in [5.74, 6) is -0.804. The molecule has 2 N–H and O–H groups in total. The molecule has 0 bridgehead atoms. The van der Waals surface area contributed by atoms with Gasteiger partial charge in [0.15, 0.2) is 0 Å². The van der Waals surface area contributed by atoms with E-state index in [0.717, 1.165) is 0 Å². The molecule has 0 atom stereocenters. The first-order valence-corrected chi connectivity index (χ1v) is 11.4. The second-order valence-corrected chi connectivity index (χ2v) is 9.09. The van der Waals surface area contributed by atoms with Crippen molar-refractivity contribution >= 4 is 35.0 Å². The molecule has 0 aromatic heterocycles. The first-order chi connectivity index (χ1) is 16.2. The van der Waals surface area contributed by atoms with Gasteiger partial charge < -0.3 is 20.4 Å². The fourth-order valence-corrected chi connectivity index (χ4v) is 4.08. The van der Waals surface area contributed by atoms with Crippen LogP contribution in [-0.4, -0.2) is 61.6 Å². The van der Waals surface area contributed by atoms with Crippen molar-refractivity contribution < 1.29 is 19.2 Å². The van der Waals surface area contributed by atoms with Crippen molar-refractivity contribution in [2.24, 2.45) is 11.8 Å². The Balaban J connectivity index is 1.53. The zero-order valence-corrected chi connectivity index (χ0v) is 20.1. The Kier molecular flexibility index (Phi) is 8.04. The number of nitrogens with zero attached hydrogens (tertiary/aromatic N) is 2. The van der Waals surface area contributed by atoms with Crippen molar-refractivity contribution in [3.05, 3.63) is 59.7 Å². The Morgan fingerprint density at radius 3 is 1.32 bits per heavy atom. The summed E-state index contributed by atoms with van der Waals surface area (Å²) >= 11 is 0. The second kappa shape index (κ2) is 11.0. The van der Waals surface area contributed by atoms with Gasteiger partial charge in [0, 0.05) is 62.5 Å². The standard InChI is InChI=1S/C26H32N4O4/c1-29(2)25(33)19-7-5-9-21(15-19)27-23(31)17-11-13-18(14-12-17)24(32)28-22-10-6-8-20(16-22)26(34)30(3)4/h5-10,15-18H,11-14H2,1-4H3,(H,27,31)(H,28,32). The molecule has 0 radical (unpaired) electrons. The van der Waals surface area contributed by atoms with Gasteiger partial charge in [-0.2, -0.15) is 0 Å². The average molecular weight is 465 g/mol. The van der Waals surface area contributed by atoms with E-state index in [1.165, 1.54) is 9.80 Å². The monoisotopic (exact) mass is 464 g/mol. The van der Waals surface area contributed by atoms with E-state index < -0.39 is 0 Å². The third kappa shape index (κ3) is 6.21. The molecule has 2 aromatic rings. The van der Waals surface area contributed by atoms with Crippen LogP contribution < -0.4 is 10.6 Å². The first-order valence-electron chi connectivity index (χ1n) is 11.4. The summed E-state index contributed by atoms with van der Waals surface area (Å²) in [6.45, 7) is 0. The molecule has 1 fully saturated rings. The van der Waals surface area contributed by atoms with Crippen LogP contribution in [0.3, 0.4) is 0 Å². The minimum Gasteiger partial charge on any atom is -0.345 e. The number of hydrogen-bond acceptors (Lipinski definition) is 4. The molecule has 0 aliphatic heterocycles. The number of carbonyl (C=O) groups excluding carboxylic acids is 4. The van der Waals surface area contributed by atoms with E-state index in [-0.39, 0.29) is 35.5 Å². The normalized spacial score (nSPS) is 17.4. The number of rotatable bonds is 6. The van der Waals surface area contributed by atoms with Gasteiger partial charge in [0.05, 0.1) is 0 Å². The zero-order valence-electron chi connectivity index (χ0n) is 20.1. The molecular formula is C26H32N4O4. The van der Waals surface area contributed by atoms with Gasteiger partial charge in [0.25, 0.3) is 11.8 Å². The molecule has 8 heteroatoms. The van der Waals surface area contributed by atoms with Gasteiger partial charge in [-0.1, -0.05) is 12.1 Å². The van der Waals surface area contributed by atoms with E-state index in [1.54, 1.807) is 76.7 Å². The molecular weight excluding hydrogens is 432 g/mol. The lowest BCUT2D eigenvalue weighted by molar-refractivity contribution is -0.125. The number of hydrogen-bond donors (Lipinski definition) is 2. The molecule has 8 nitrogen and oxygen atoms in total. The number of amides is 4. The largest absolute Gasteiger partial charge is 0.345 e. The zero-order chi connectivity index (χ0) is 24.8. The number of benzene rings is 2. The van der Waals surface area contributed by atoms with E-state index in [9.17, 15) is 19.2 Å². The molecule has 1 aliphatic carbocycles.